The summed E-state index contributed by atoms with van der Waals surface area (Å²) < 4.78 is 11.2. The van der Waals surface area contributed by atoms with Crippen LogP contribution in [0, 0.1) is 0 Å². The minimum atomic E-state index is 0.790. The minimum Gasteiger partial charge on any atom is -0.452 e. The van der Waals surface area contributed by atoms with E-state index in [2.05, 4.69) is 130 Å². The van der Waals surface area contributed by atoms with Crippen LogP contribution in [0.2, 0.25) is 0 Å². The van der Waals surface area contributed by atoms with Crippen LogP contribution >= 0.6 is 0 Å². The molecular formula is C35H21N3O. The number of pyridine rings is 1. The molecule has 5 aromatic carbocycles. The van der Waals surface area contributed by atoms with Crippen LogP contribution in [0.15, 0.2) is 132 Å². The van der Waals surface area contributed by atoms with Crippen molar-refractivity contribution in [2.45, 2.75) is 0 Å². The van der Waals surface area contributed by atoms with Crippen LogP contribution in [0.5, 0.6) is 0 Å². The lowest BCUT2D eigenvalue weighted by Gasteiger charge is -2.08. The van der Waals surface area contributed by atoms with E-state index in [1.165, 1.54) is 32.6 Å². The van der Waals surface area contributed by atoms with Gasteiger partial charge in [0.05, 0.1) is 27.8 Å². The Bertz CT molecular complexity index is 2300. The van der Waals surface area contributed by atoms with E-state index in [1.54, 1.807) is 0 Å². The molecule has 4 aromatic heterocycles. The number of benzene rings is 5. The maximum absolute atomic E-state index is 6.56. The van der Waals surface area contributed by atoms with Crippen molar-refractivity contribution in [3.63, 3.8) is 0 Å². The highest BCUT2D eigenvalue weighted by Crippen LogP contribution is 2.38. The molecule has 0 radical (unpaired) electrons. The highest BCUT2D eigenvalue weighted by molar-refractivity contribution is 6.13. The van der Waals surface area contributed by atoms with Gasteiger partial charge in [-0.15, -0.1) is 0 Å². The maximum atomic E-state index is 6.56. The first-order valence-electron chi connectivity index (χ1n) is 13.2. The van der Waals surface area contributed by atoms with Crippen molar-refractivity contribution < 1.29 is 4.42 Å². The van der Waals surface area contributed by atoms with Crippen LogP contribution in [0.25, 0.3) is 77.1 Å². The molecule has 0 fully saturated rings. The first-order chi connectivity index (χ1) is 19.4. The predicted molar refractivity (Wildman–Crippen MR) is 160 cm³/mol. The number of aromatic nitrogens is 3. The van der Waals surface area contributed by atoms with E-state index >= 15 is 0 Å². The van der Waals surface area contributed by atoms with Crippen LogP contribution in [0.1, 0.15) is 0 Å². The summed E-state index contributed by atoms with van der Waals surface area (Å²) in [5.74, 6) is 0. The summed E-state index contributed by atoms with van der Waals surface area (Å²) in [5, 5.41) is 5.95. The molecule has 182 valence electrons. The highest BCUT2D eigenvalue weighted by atomic mass is 16.3. The van der Waals surface area contributed by atoms with Crippen LogP contribution in [-0.4, -0.2) is 14.1 Å². The molecule has 39 heavy (non-hydrogen) atoms. The smallest absolute Gasteiger partial charge is 0.177 e. The van der Waals surface area contributed by atoms with Gasteiger partial charge in [0.1, 0.15) is 11.1 Å². The van der Waals surface area contributed by atoms with Crippen molar-refractivity contribution in [2.75, 3.05) is 0 Å². The zero-order chi connectivity index (χ0) is 25.5. The summed E-state index contributed by atoms with van der Waals surface area (Å²) in [6.07, 6.45) is 1.89. The molecule has 0 atom stereocenters. The minimum absolute atomic E-state index is 0.790. The lowest BCUT2D eigenvalue weighted by atomic mass is 10.2. The van der Waals surface area contributed by atoms with Gasteiger partial charge in [-0.2, -0.15) is 0 Å². The standard InChI is InChI=1S/C35H21N3O/c1-5-13-28-23(9-1)24-10-2-6-14-29(24)37(28)22-17-18-33-27(21-22)34-35(39-33)32(19-20-36-34)38-30-15-7-3-11-25(30)26-12-4-8-16-31(26)38/h1-21H. The average molecular weight is 500 g/mol. The summed E-state index contributed by atoms with van der Waals surface area (Å²) in [6.45, 7) is 0. The molecule has 0 aliphatic rings. The fourth-order valence-corrected chi connectivity index (χ4v) is 6.33. The van der Waals surface area contributed by atoms with Crippen molar-refractivity contribution in [1.29, 1.82) is 0 Å². The molecule has 0 amide bonds. The van der Waals surface area contributed by atoms with Crippen molar-refractivity contribution in [3.8, 4) is 11.4 Å². The van der Waals surface area contributed by atoms with Crippen molar-refractivity contribution in [3.05, 3.63) is 128 Å². The lowest BCUT2D eigenvalue weighted by Crippen LogP contribution is -1.95. The van der Waals surface area contributed by atoms with E-state index in [-0.39, 0.29) is 0 Å². The van der Waals surface area contributed by atoms with E-state index in [0.717, 1.165) is 44.5 Å². The average Bonchev–Trinajstić information content (AvgIpc) is 3.65. The van der Waals surface area contributed by atoms with Crippen LogP contribution in [0.4, 0.5) is 0 Å². The van der Waals surface area contributed by atoms with Crippen LogP contribution in [-0.2, 0) is 0 Å². The Morgan fingerprint density at radius 3 is 1.56 bits per heavy atom. The van der Waals surface area contributed by atoms with Gasteiger partial charge in [-0.05, 0) is 48.5 Å². The van der Waals surface area contributed by atoms with Crippen LogP contribution in [0.3, 0.4) is 0 Å². The number of nitrogens with zero attached hydrogens (tertiary/aromatic N) is 3. The van der Waals surface area contributed by atoms with Crippen molar-refractivity contribution in [1.82, 2.24) is 14.1 Å². The summed E-state index contributed by atoms with van der Waals surface area (Å²) in [7, 11) is 0. The second-order valence-corrected chi connectivity index (χ2v) is 10.0. The third-order valence-corrected chi connectivity index (χ3v) is 7.97. The molecule has 0 unspecified atom stereocenters. The molecule has 0 aliphatic carbocycles. The molecule has 9 rings (SSSR count). The first kappa shape index (κ1) is 20.7. The van der Waals surface area contributed by atoms with Gasteiger partial charge < -0.3 is 13.6 Å². The highest BCUT2D eigenvalue weighted by Gasteiger charge is 2.19. The van der Waals surface area contributed by atoms with Gasteiger partial charge in [-0.1, -0.05) is 72.8 Å². The van der Waals surface area contributed by atoms with E-state index in [0.29, 0.717) is 0 Å². The largest absolute Gasteiger partial charge is 0.452 e. The van der Waals surface area contributed by atoms with Gasteiger partial charge in [0.15, 0.2) is 5.58 Å². The zero-order valence-corrected chi connectivity index (χ0v) is 20.9. The Morgan fingerprint density at radius 1 is 0.487 bits per heavy atom. The molecule has 0 spiro atoms. The first-order valence-corrected chi connectivity index (χ1v) is 13.2. The molecule has 0 bridgehead atoms. The number of rotatable bonds is 2. The molecule has 0 aliphatic heterocycles. The third kappa shape index (κ3) is 2.75. The molecule has 0 saturated carbocycles. The monoisotopic (exact) mass is 499 g/mol. The Balaban J connectivity index is 1.34. The molecular weight excluding hydrogens is 478 g/mol. The Labute approximate surface area is 222 Å². The summed E-state index contributed by atoms with van der Waals surface area (Å²) in [5.41, 5.74) is 9.24. The Hall–Kier alpha value is -5.35. The number of fused-ring (bicyclic) bond motifs is 9. The van der Waals surface area contributed by atoms with E-state index in [4.69, 9.17) is 9.40 Å². The third-order valence-electron chi connectivity index (χ3n) is 7.97. The van der Waals surface area contributed by atoms with Gasteiger partial charge in [0.2, 0.25) is 0 Å². The SMILES string of the molecule is c1ccc2c(c1)c1ccccc1n2-c1ccc2oc3c(-n4c5ccccc5c5ccccc54)ccnc3c2c1. The lowest BCUT2D eigenvalue weighted by molar-refractivity contribution is 0.665. The quantitative estimate of drug-likeness (QED) is 0.238. The van der Waals surface area contributed by atoms with E-state index in [9.17, 15) is 0 Å². The number of hydrogen-bond donors (Lipinski definition) is 0. The topological polar surface area (TPSA) is 35.9 Å². The molecule has 4 nitrogen and oxygen atoms in total. The molecule has 0 N–H and O–H groups in total. The molecule has 4 heteroatoms. The Kier molecular flexibility index (Phi) is 4.02. The van der Waals surface area contributed by atoms with Gasteiger partial charge in [-0.3, -0.25) is 4.98 Å². The fraction of sp³-hybridized carbons (Fsp3) is 0. The molecule has 9 aromatic rings. The van der Waals surface area contributed by atoms with Gasteiger partial charge >= 0.3 is 0 Å². The summed E-state index contributed by atoms with van der Waals surface area (Å²) in [4.78, 5) is 4.83. The van der Waals surface area contributed by atoms with Crippen LogP contribution < -0.4 is 0 Å². The normalized spacial score (nSPS) is 12.1. The fourth-order valence-electron chi connectivity index (χ4n) is 6.33. The van der Waals surface area contributed by atoms with Crippen molar-refractivity contribution >= 4 is 65.7 Å². The van der Waals surface area contributed by atoms with E-state index < -0.39 is 0 Å². The van der Waals surface area contributed by atoms with E-state index in [1.807, 2.05) is 6.20 Å². The molecule has 4 heterocycles. The number of furan rings is 1. The van der Waals surface area contributed by atoms with Gasteiger partial charge in [0, 0.05) is 38.8 Å². The van der Waals surface area contributed by atoms with Crippen molar-refractivity contribution in [2.24, 2.45) is 0 Å². The summed E-state index contributed by atoms with van der Waals surface area (Å²) >= 11 is 0. The maximum Gasteiger partial charge on any atom is 0.177 e. The second kappa shape index (κ2) is 7.59. The number of para-hydroxylation sites is 4. The van der Waals surface area contributed by atoms with Gasteiger partial charge in [-0.25, -0.2) is 0 Å². The predicted octanol–water partition coefficient (Wildman–Crippen LogP) is 9.18. The number of hydrogen-bond acceptors (Lipinski definition) is 2. The second-order valence-electron chi connectivity index (χ2n) is 10.0. The van der Waals surface area contributed by atoms with Gasteiger partial charge in [0.25, 0.3) is 0 Å². The molecule has 0 saturated heterocycles. The summed E-state index contributed by atoms with van der Waals surface area (Å²) in [6, 6.07) is 42.7. The Morgan fingerprint density at radius 2 is 1.00 bits per heavy atom. The zero-order valence-electron chi connectivity index (χ0n) is 20.9.